The smallest absolute Gasteiger partial charge is 0.323 e. The predicted molar refractivity (Wildman–Crippen MR) is 99.4 cm³/mol. The molecule has 1 aliphatic heterocycles. The third kappa shape index (κ3) is 3.79. The van der Waals surface area contributed by atoms with Crippen LogP contribution in [-0.4, -0.2) is 45.9 Å². The molecule has 142 valence electrons. The molecule has 2 N–H and O–H groups in total. The molecule has 7 nitrogen and oxygen atoms in total. The van der Waals surface area contributed by atoms with Gasteiger partial charge in [-0.05, 0) is 31.0 Å². The van der Waals surface area contributed by atoms with Crippen LogP contribution in [0, 0.1) is 5.82 Å². The number of nitrogens with zero attached hydrogens (tertiary/aromatic N) is 3. The number of likely N-dealkylation sites (tertiary alicyclic amines) is 1. The Labute approximate surface area is 158 Å². The first-order chi connectivity index (χ1) is 13.1. The Morgan fingerprint density at radius 1 is 1.41 bits per heavy atom. The molecule has 3 heterocycles. The Bertz CT molecular complexity index is 949. The summed E-state index contributed by atoms with van der Waals surface area (Å²) in [4.78, 5) is 18.5. The number of aliphatic hydroxyl groups excluding tert-OH is 1. The zero-order chi connectivity index (χ0) is 18.8. The second kappa shape index (κ2) is 7.61. The highest BCUT2D eigenvalue weighted by Crippen LogP contribution is 2.33. The summed E-state index contributed by atoms with van der Waals surface area (Å²) in [6.45, 7) is 1.19. The van der Waals surface area contributed by atoms with E-state index < -0.39 is 0 Å². The van der Waals surface area contributed by atoms with Crippen LogP contribution < -0.4 is 5.32 Å². The maximum atomic E-state index is 13.5. The normalized spacial score (nSPS) is 15.4. The summed E-state index contributed by atoms with van der Waals surface area (Å²) < 4.78 is 18.8. The number of fused-ring (bicyclic) bond motifs is 1. The van der Waals surface area contributed by atoms with Gasteiger partial charge in [0.1, 0.15) is 5.82 Å². The summed E-state index contributed by atoms with van der Waals surface area (Å²) in [6.07, 6.45) is 1.95. The highest BCUT2D eigenvalue weighted by Gasteiger charge is 2.27. The highest BCUT2D eigenvalue weighted by atomic mass is 32.1. The predicted octanol–water partition coefficient (Wildman–Crippen LogP) is 3.37. The first-order valence-corrected chi connectivity index (χ1v) is 9.68. The number of thiazole rings is 1. The van der Waals surface area contributed by atoms with Crippen LogP contribution in [0.3, 0.4) is 0 Å². The van der Waals surface area contributed by atoms with E-state index in [0.717, 1.165) is 24.2 Å². The van der Waals surface area contributed by atoms with E-state index in [0.29, 0.717) is 35.6 Å². The van der Waals surface area contributed by atoms with Crippen LogP contribution in [0.15, 0.2) is 28.1 Å². The van der Waals surface area contributed by atoms with Crippen molar-refractivity contribution in [3.63, 3.8) is 0 Å². The van der Waals surface area contributed by atoms with E-state index >= 15 is 0 Å². The average molecular weight is 390 g/mol. The fourth-order valence-corrected chi connectivity index (χ4v) is 4.08. The molecule has 1 aromatic carbocycles. The lowest BCUT2D eigenvalue weighted by molar-refractivity contribution is 0.193. The molecule has 0 spiro atoms. The van der Waals surface area contributed by atoms with Crippen LogP contribution in [0.25, 0.3) is 11.0 Å². The molecule has 2 aromatic heterocycles. The number of nitrogens with one attached hydrogen (secondary N) is 1. The minimum Gasteiger partial charge on any atom is -0.396 e. The second-order valence-corrected chi connectivity index (χ2v) is 7.38. The zero-order valence-electron chi connectivity index (χ0n) is 14.5. The van der Waals surface area contributed by atoms with Crippen molar-refractivity contribution in [3.8, 4) is 0 Å². The molecule has 2 amide bonds. The van der Waals surface area contributed by atoms with E-state index in [9.17, 15) is 9.18 Å². The Morgan fingerprint density at radius 3 is 3.00 bits per heavy atom. The fraction of sp³-hybridized carbons (Fsp3) is 0.389. The second-order valence-electron chi connectivity index (χ2n) is 6.52. The van der Waals surface area contributed by atoms with Gasteiger partial charge in [0.05, 0.1) is 11.4 Å². The maximum Gasteiger partial charge on any atom is 0.323 e. The minimum absolute atomic E-state index is 0.0330. The maximum absolute atomic E-state index is 13.5. The molecule has 27 heavy (non-hydrogen) atoms. The summed E-state index contributed by atoms with van der Waals surface area (Å²) in [5, 5.41) is 18.9. The number of benzene rings is 1. The van der Waals surface area contributed by atoms with E-state index in [4.69, 9.17) is 9.63 Å². The van der Waals surface area contributed by atoms with Crippen molar-refractivity contribution in [1.29, 1.82) is 0 Å². The number of hydrogen-bond donors (Lipinski definition) is 2. The number of piperidine rings is 1. The zero-order valence-corrected chi connectivity index (χ0v) is 15.3. The van der Waals surface area contributed by atoms with E-state index in [1.54, 1.807) is 11.0 Å². The molecule has 1 aliphatic rings. The monoisotopic (exact) mass is 390 g/mol. The molecule has 1 saturated heterocycles. The molecule has 0 saturated carbocycles. The standard InChI is InChI=1S/C18H19FN4O3S/c19-12-1-2-15-14(9-12)16(22-26-15)11-3-6-23(7-4-11)18(25)21-17-20-13(5-8-24)10-27-17/h1-2,9-11,24H,3-8H2,(H,20,21,25). The number of aromatic nitrogens is 2. The molecular formula is C18H19FN4O3S. The van der Waals surface area contributed by atoms with Gasteiger partial charge in [-0.2, -0.15) is 0 Å². The van der Waals surface area contributed by atoms with E-state index in [-0.39, 0.29) is 24.4 Å². The summed E-state index contributed by atoms with van der Waals surface area (Å²) >= 11 is 1.34. The number of anilines is 1. The molecule has 0 bridgehead atoms. The third-order valence-electron chi connectivity index (χ3n) is 4.76. The summed E-state index contributed by atoms with van der Waals surface area (Å²) in [6, 6.07) is 4.21. The van der Waals surface area contributed by atoms with Crippen molar-refractivity contribution in [2.24, 2.45) is 0 Å². The van der Waals surface area contributed by atoms with Crippen molar-refractivity contribution < 1.29 is 18.8 Å². The number of carbonyl (C=O) groups excluding carboxylic acids is 1. The van der Waals surface area contributed by atoms with Gasteiger partial charge in [0, 0.05) is 42.8 Å². The Kier molecular flexibility index (Phi) is 5.04. The quantitative estimate of drug-likeness (QED) is 0.713. The molecule has 0 aliphatic carbocycles. The lowest BCUT2D eigenvalue weighted by atomic mass is 9.92. The van der Waals surface area contributed by atoms with Gasteiger partial charge >= 0.3 is 6.03 Å². The molecule has 0 unspecified atom stereocenters. The van der Waals surface area contributed by atoms with Crippen molar-refractivity contribution in [2.45, 2.75) is 25.2 Å². The van der Waals surface area contributed by atoms with Gasteiger partial charge in [-0.3, -0.25) is 5.32 Å². The van der Waals surface area contributed by atoms with Gasteiger partial charge in [-0.25, -0.2) is 14.2 Å². The molecule has 1 fully saturated rings. The number of urea groups is 1. The lowest BCUT2D eigenvalue weighted by Crippen LogP contribution is -2.40. The average Bonchev–Trinajstić information content (AvgIpc) is 3.28. The molecule has 3 aromatic rings. The Hall–Kier alpha value is -2.52. The minimum atomic E-state index is -0.312. The molecule has 0 radical (unpaired) electrons. The topological polar surface area (TPSA) is 91.5 Å². The number of amides is 2. The van der Waals surface area contributed by atoms with Crippen LogP contribution in [-0.2, 0) is 6.42 Å². The summed E-state index contributed by atoms with van der Waals surface area (Å²) in [5.41, 5.74) is 2.11. The molecular weight excluding hydrogens is 371 g/mol. The number of rotatable bonds is 4. The van der Waals surface area contributed by atoms with Crippen LogP contribution >= 0.6 is 11.3 Å². The Balaban J connectivity index is 1.37. The van der Waals surface area contributed by atoms with E-state index in [2.05, 4.69) is 15.5 Å². The third-order valence-corrected chi connectivity index (χ3v) is 5.57. The van der Waals surface area contributed by atoms with Crippen molar-refractivity contribution in [3.05, 3.63) is 40.8 Å². The molecule has 0 atom stereocenters. The van der Waals surface area contributed by atoms with Crippen molar-refractivity contribution in [2.75, 3.05) is 25.0 Å². The SMILES string of the molecule is O=C(Nc1nc(CCO)cs1)N1CCC(c2noc3ccc(F)cc23)CC1. The van der Waals surface area contributed by atoms with Crippen molar-refractivity contribution >= 4 is 33.5 Å². The number of hydrogen-bond acceptors (Lipinski definition) is 6. The van der Waals surface area contributed by atoms with Crippen LogP contribution in [0.1, 0.15) is 30.1 Å². The number of halogens is 1. The van der Waals surface area contributed by atoms with Gasteiger partial charge < -0.3 is 14.5 Å². The highest BCUT2D eigenvalue weighted by molar-refractivity contribution is 7.13. The van der Waals surface area contributed by atoms with Gasteiger partial charge in [0.25, 0.3) is 0 Å². The largest absolute Gasteiger partial charge is 0.396 e. The van der Waals surface area contributed by atoms with Gasteiger partial charge in [-0.1, -0.05) is 5.16 Å². The van der Waals surface area contributed by atoms with Crippen molar-refractivity contribution in [1.82, 2.24) is 15.0 Å². The van der Waals surface area contributed by atoms with Gasteiger partial charge in [-0.15, -0.1) is 11.3 Å². The number of aliphatic hydroxyl groups is 1. The molecule has 4 rings (SSSR count). The van der Waals surface area contributed by atoms with Crippen LogP contribution in [0.4, 0.5) is 14.3 Å². The lowest BCUT2D eigenvalue weighted by Gasteiger charge is -2.30. The van der Waals surface area contributed by atoms with Gasteiger partial charge in [0.2, 0.25) is 0 Å². The molecule has 9 heteroatoms. The fourth-order valence-electron chi connectivity index (χ4n) is 3.34. The van der Waals surface area contributed by atoms with Gasteiger partial charge in [0.15, 0.2) is 10.7 Å². The number of carbonyl (C=O) groups is 1. The van der Waals surface area contributed by atoms with E-state index in [1.807, 2.05) is 5.38 Å². The first-order valence-electron chi connectivity index (χ1n) is 8.80. The summed E-state index contributed by atoms with van der Waals surface area (Å²) in [5.74, 6) is -0.180. The van der Waals surface area contributed by atoms with E-state index in [1.165, 1.54) is 23.5 Å². The first kappa shape index (κ1) is 17.9. The van der Waals surface area contributed by atoms with Crippen LogP contribution in [0.5, 0.6) is 0 Å². The Morgan fingerprint density at radius 2 is 2.22 bits per heavy atom. The van der Waals surface area contributed by atoms with Crippen LogP contribution in [0.2, 0.25) is 0 Å². The summed E-state index contributed by atoms with van der Waals surface area (Å²) in [7, 11) is 0.